The highest BCUT2D eigenvalue weighted by atomic mass is 32.1. The quantitative estimate of drug-likeness (QED) is 0.724. The maximum Gasteiger partial charge on any atom is 0.228 e. The number of carbonyl (C=O) groups excluding carboxylic acids is 1. The highest BCUT2D eigenvalue weighted by Crippen LogP contribution is 2.12. The van der Waals surface area contributed by atoms with Gasteiger partial charge in [0.2, 0.25) is 5.91 Å². The molecule has 1 amide bonds. The maximum absolute atomic E-state index is 12.3. The number of rotatable bonds is 5. The van der Waals surface area contributed by atoms with Gasteiger partial charge >= 0.3 is 0 Å². The molecule has 0 fully saturated rings. The molecule has 2 aromatic heterocycles. The van der Waals surface area contributed by atoms with Crippen molar-refractivity contribution >= 4 is 17.2 Å². The Labute approximate surface area is 139 Å². The molecule has 2 heterocycles. The lowest BCUT2D eigenvalue weighted by Gasteiger charge is -2.17. The molecule has 6 heteroatoms. The molecule has 3 rings (SSSR count). The molecule has 1 aromatic carbocycles. The van der Waals surface area contributed by atoms with Crippen LogP contribution in [0.3, 0.4) is 0 Å². The van der Waals surface area contributed by atoms with E-state index in [0.29, 0.717) is 13.0 Å². The second-order valence-corrected chi connectivity index (χ2v) is 6.46. The third-order valence-corrected chi connectivity index (χ3v) is 4.37. The molecule has 118 valence electrons. The Balaban J connectivity index is 1.61. The van der Waals surface area contributed by atoms with Crippen LogP contribution in [-0.4, -0.2) is 32.6 Å². The van der Waals surface area contributed by atoms with E-state index in [1.54, 1.807) is 22.4 Å². The highest BCUT2D eigenvalue weighted by Gasteiger charge is 2.12. The van der Waals surface area contributed by atoms with Crippen molar-refractivity contribution in [1.82, 2.24) is 19.7 Å². The summed E-state index contributed by atoms with van der Waals surface area (Å²) in [4.78, 5) is 18.3. The lowest BCUT2D eigenvalue weighted by atomic mass is 10.2. The van der Waals surface area contributed by atoms with Gasteiger partial charge in [0.25, 0.3) is 0 Å². The monoisotopic (exact) mass is 326 g/mol. The van der Waals surface area contributed by atoms with Crippen molar-refractivity contribution in [3.8, 4) is 5.69 Å². The molecule has 0 unspecified atom stereocenters. The number of aromatic nitrogens is 3. The number of nitrogens with zero attached hydrogens (tertiary/aromatic N) is 4. The van der Waals surface area contributed by atoms with Gasteiger partial charge in [-0.05, 0) is 30.7 Å². The van der Waals surface area contributed by atoms with E-state index in [-0.39, 0.29) is 5.91 Å². The van der Waals surface area contributed by atoms with Gasteiger partial charge in [-0.25, -0.2) is 9.67 Å². The number of thiazole rings is 1. The van der Waals surface area contributed by atoms with E-state index in [1.807, 2.05) is 60.6 Å². The van der Waals surface area contributed by atoms with Crippen molar-refractivity contribution in [1.29, 1.82) is 0 Å². The number of hydrogen-bond acceptors (Lipinski definition) is 4. The zero-order chi connectivity index (χ0) is 16.2. The second-order valence-electron chi connectivity index (χ2n) is 5.40. The highest BCUT2D eigenvalue weighted by molar-refractivity contribution is 7.09. The zero-order valence-corrected chi connectivity index (χ0v) is 14.0. The van der Waals surface area contributed by atoms with Crippen LogP contribution in [-0.2, 0) is 17.8 Å². The van der Waals surface area contributed by atoms with Gasteiger partial charge in [0.15, 0.2) is 0 Å². The van der Waals surface area contributed by atoms with Crippen LogP contribution < -0.4 is 0 Å². The standard InChI is InChI=1S/C17H18N4OS/c1-13-19-15(12-23-13)10-17(22)20(2)11-14-4-6-16(7-5-14)21-9-3-8-18-21/h3-9,12H,10-11H2,1-2H3. The summed E-state index contributed by atoms with van der Waals surface area (Å²) < 4.78 is 1.81. The molecule has 0 bridgehead atoms. The number of carbonyl (C=O) groups is 1. The molecule has 0 aliphatic rings. The first-order valence-electron chi connectivity index (χ1n) is 7.36. The van der Waals surface area contributed by atoms with Crippen molar-refractivity contribution in [3.05, 3.63) is 64.4 Å². The van der Waals surface area contributed by atoms with Gasteiger partial charge in [0.1, 0.15) is 0 Å². The molecule has 0 aliphatic heterocycles. The van der Waals surface area contributed by atoms with Gasteiger partial charge < -0.3 is 4.90 Å². The van der Waals surface area contributed by atoms with Crippen molar-refractivity contribution in [3.63, 3.8) is 0 Å². The Morgan fingerprint density at radius 1 is 1.30 bits per heavy atom. The summed E-state index contributed by atoms with van der Waals surface area (Å²) in [7, 11) is 1.82. The molecule has 0 saturated heterocycles. The minimum Gasteiger partial charge on any atom is -0.341 e. The number of aryl methyl sites for hydroxylation is 1. The van der Waals surface area contributed by atoms with Gasteiger partial charge in [0.05, 0.1) is 22.8 Å². The fraction of sp³-hybridized carbons (Fsp3) is 0.235. The molecule has 0 N–H and O–H groups in total. The lowest BCUT2D eigenvalue weighted by molar-refractivity contribution is -0.129. The first kappa shape index (κ1) is 15.4. The second kappa shape index (κ2) is 6.75. The summed E-state index contributed by atoms with van der Waals surface area (Å²) in [5.41, 5.74) is 2.94. The van der Waals surface area contributed by atoms with E-state index in [2.05, 4.69) is 10.1 Å². The fourth-order valence-electron chi connectivity index (χ4n) is 2.32. The predicted molar refractivity (Wildman–Crippen MR) is 90.6 cm³/mol. The van der Waals surface area contributed by atoms with Crippen molar-refractivity contribution in [2.45, 2.75) is 19.9 Å². The van der Waals surface area contributed by atoms with E-state index < -0.39 is 0 Å². The van der Waals surface area contributed by atoms with Gasteiger partial charge in [-0.2, -0.15) is 5.10 Å². The summed E-state index contributed by atoms with van der Waals surface area (Å²) >= 11 is 1.57. The van der Waals surface area contributed by atoms with E-state index in [9.17, 15) is 4.79 Å². The van der Waals surface area contributed by atoms with Crippen LogP contribution >= 0.6 is 11.3 Å². The normalized spacial score (nSPS) is 10.7. The summed E-state index contributed by atoms with van der Waals surface area (Å²) in [5.74, 6) is 0.0754. The summed E-state index contributed by atoms with van der Waals surface area (Å²) in [5, 5.41) is 7.14. The smallest absolute Gasteiger partial charge is 0.228 e. The van der Waals surface area contributed by atoms with Gasteiger partial charge in [-0.15, -0.1) is 11.3 Å². The van der Waals surface area contributed by atoms with Crippen LogP contribution in [0, 0.1) is 6.92 Å². The topological polar surface area (TPSA) is 51.0 Å². The van der Waals surface area contributed by atoms with Crippen LogP contribution in [0.4, 0.5) is 0 Å². The Morgan fingerprint density at radius 2 is 2.09 bits per heavy atom. The van der Waals surface area contributed by atoms with Crippen molar-refractivity contribution < 1.29 is 4.79 Å². The average Bonchev–Trinajstić information content (AvgIpc) is 3.20. The molecular formula is C17H18N4OS. The SMILES string of the molecule is Cc1nc(CC(=O)N(C)Cc2ccc(-n3cccn3)cc2)cs1. The van der Waals surface area contributed by atoms with E-state index >= 15 is 0 Å². The number of amides is 1. The molecule has 0 aliphatic carbocycles. The maximum atomic E-state index is 12.3. The van der Waals surface area contributed by atoms with Crippen LogP contribution in [0.25, 0.3) is 5.69 Å². The van der Waals surface area contributed by atoms with Crippen molar-refractivity contribution in [2.75, 3.05) is 7.05 Å². The molecule has 23 heavy (non-hydrogen) atoms. The Hall–Kier alpha value is -2.47. The minimum absolute atomic E-state index is 0.0754. The third-order valence-electron chi connectivity index (χ3n) is 3.55. The van der Waals surface area contributed by atoms with E-state index in [0.717, 1.165) is 22.0 Å². The third kappa shape index (κ3) is 3.84. The summed E-state index contributed by atoms with van der Waals surface area (Å²) in [6.07, 6.45) is 4.01. The van der Waals surface area contributed by atoms with Crippen LogP contribution in [0.2, 0.25) is 0 Å². The van der Waals surface area contributed by atoms with Crippen LogP contribution in [0.1, 0.15) is 16.3 Å². The number of benzene rings is 1. The van der Waals surface area contributed by atoms with Gasteiger partial charge in [-0.1, -0.05) is 12.1 Å². The minimum atomic E-state index is 0.0754. The lowest BCUT2D eigenvalue weighted by Crippen LogP contribution is -2.27. The van der Waals surface area contributed by atoms with Crippen LogP contribution in [0.5, 0.6) is 0 Å². The number of likely N-dealkylation sites (N-methyl/N-ethyl adjacent to an activating group) is 1. The first-order valence-corrected chi connectivity index (χ1v) is 8.24. The molecular weight excluding hydrogens is 308 g/mol. The largest absolute Gasteiger partial charge is 0.341 e. The Morgan fingerprint density at radius 3 is 2.70 bits per heavy atom. The molecule has 0 radical (unpaired) electrons. The first-order chi connectivity index (χ1) is 11.1. The summed E-state index contributed by atoms with van der Waals surface area (Å²) in [6, 6.07) is 9.94. The molecule has 0 saturated carbocycles. The molecule has 5 nitrogen and oxygen atoms in total. The zero-order valence-electron chi connectivity index (χ0n) is 13.1. The van der Waals surface area contributed by atoms with Crippen molar-refractivity contribution in [2.24, 2.45) is 0 Å². The Bertz CT molecular complexity index is 777. The molecule has 0 spiro atoms. The van der Waals surface area contributed by atoms with Gasteiger partial charge in [-0.3, -0.25) is 4.79 Å². The van der Waals surface area contributed by atoms with E-state index in [4.69, 9.17) is 0 Å². The number of hydrogen-bond donors (Lipinski definition) is 0. The molecule has 3 aromatic rings. The van der Waals surface area contributed by atoms with Crippen LogP contribution in [0.15, 0.2) is 48.1 Å². The summed E-state index contributed by atoms with van der Waals surface area (Å²) in [6.45, 7) is 2.53. The average molecular weight is 326 g/mol. The Kier molecular flexibility index (Phi) is 4.52. The fourth-order valence-corrected chi connectivity index (χ4v) is 2.93. The molecule has 0 atom stereocenters. The predicted octanol–water partition coefficient (Wildman–Crippen LogP) is 2.84. The van der Waals surface area contributed by atoms with Gasteiger partial charge in [0, 0.05) is 31.4 Å². The van der Waals surface area contributed by atoms with E-state index in [1.165, 1.54) is 0 Å².